The van der Waals surface area contributed by atoms with Gasteiger partial charge in [0.2, 0.25) is 0 Å². The summed E-state index contributed by atoms with van der Waals surface area (Å²) >= 11 is 1.18. The van der Waals surface area contributed by atoms with Crippen molar-refractivity contribution in [1.29, 1.82) is 0 Å². The Morgan fingerprint density at radius 1 is 1.05 bits per heavy atom. The molecule has 1 fully saturated rings. The summed E-state index contributed by atoms with van der Waals surface area (Å²) in [6, 6.07) is 17.0. The average Bonchev–Trinajstić information content (AvgIpc) is 2.80. The molecule has 1 heterocycles. The van der Waals surface area contributed by atoms with Crippen LogP contribution in [0.3, 0.4) is 0 Å². The lowest BCUT2D eigenvalue weighted by atomic mass is 10.2. The zero-order valence-corrected chi connectivity index (χ0v) is 11.3. The topological polar surface area (TPSA) is 58.6 Å². The molecule has 0 saturated carbocycles. The molecule has 0 radical (unpaired) electrons. The Kier molecular flexibility index (Phi) is 3.62. The number of nitrogens with one attached hydrogen (secondary N) is 1. The van der Waals surface area contributed by atoms with Crippen LogP contribution in [0.25, 0.3) is 0 Å². The predicted octanol–water partition coefficient (Wildman–Crippen LogP) is 2.66. The standard InChI is InChI=1S/C15H13NO3S/c17-13-15(18)20-14(16-13)10-5-4-8-12(9-10)19-11-6-2-1-3-7-11/h1-9,14-15,18H,(H,16,17). The molecule has 1 aliphatic rings. The number of carbonyl (C=O) groups excluding carboxylic acids is 1. The molecular formula is C15H13NO3S. The Hall–Kier alpha value is -1.98. The monoisotopic (exact) mass is 287 g/mol. The molecule has 4 nitrogen and oxygen atoms in total. The third-order valence-electron chi connectivity index (χ3n) is 2.90. The molecule has 2 aromatic rings. The number of hydrogen-bond acceptors (Lipinski definition) is 4. The van der Waals surface area contributed by atoms with Crippen LogP contribution in [0, 0.1) is 0 Å². The number of benzene rings is 2. The number of amides is 1. The van der Waals surface area contributed by atoms with Gasteiger partial charge < -0.3 is 15.2 Å². The smallest absolute Gasteiger partial charge is 0.260 e. The minimum absolute atomic E-state index is 0.239. The Balaban J connectivity index is 1.78. The van der Waals surface area contributed by atoms with Gasteiger partial charge in [0, 0.05) is 0 Å². The Labute approximate surface area is 120 Å². The highest BCUT2D eigenvalue weighted by Crippen LogP contribution is 2.36. The van der Waals surface area contributed by atoms with Gasteiger partial charge in [-0.05, 0) is 29.8 Å². The Morgan fingerprint density at radius 2 is 1.80 bits per heavy atom. The molecule has 0 bridgehead atoms. The summed E-state index contributed by atoms with van der Waals surface area (Å²) < 4.78 is 5.75. The molecule has 2 unspecified atom stereocenters. The third-order valence-corrected chi connectivity index (χ3v) is 4.04. The van der Waals surface area contributed by atoms with Crippen LogP contribution in [-0.4, -0.2) is 16.4 Å². The second-order valence-corrected chi connectivity index (χ2v) is 5.55. The molecule has 2 atom stereocenters. The zero-order valence-electron chi connectivity index (χ0n) is 10.5. The summed E-state index contributed by atoms with van der Waals surface area (Å²) in [5.74, 6) is 1.10. The SMILES string of the molecule is O=C1NC(c2cccc(Oc3ccccc3)c2)SC1O. The van der Waals surface area contributed by atoms with Gasteiger partial charge in [0.1, 0.15) is 16.9 Å². The highest BCUT2D eigenvalue weighted by molar-refractivity contribution is 8.01. The molecule has 1 aliphatic heterocycles. The van der Waals surface area contributed by atoms with Crippen molar-refractivity contribution in [1.82, 2.24) is 5.32 Å². The lowest BCUT2D eigenvalue weighted by Crippen LogP contribution is -2.23. The van der Waals surface area contributed by atoms with Gasteiger partial charge in [0.05, 0.1) is 0 Å². The Bertz CT molecular complexity index is 618. The highest BCUT2D eigenvalue weighted by Gasteiger charge is 2.31. The van der Waals surface area contributed by atoms with Crippen molar-refractivity contribution in [3.63, 3.8) is 0 Å². The maximum Gasteiger partial charge on any atom is 0.260 e. The summed E-state index contributed by atoms with van der Waals surface area (Å²) in [5.41, 5.74) is -0.105. The molecule has 1 saturated heterocycles. The van der Waals surface area contributed by atoms with Gasteiger partial charge in [0.15, 0.2) is 5.44 Å². The molecule has 1 amide bonds. The van der Waals surface area contributed by atoms with E-state index in [2.05, 4.69) is 5.32 Å². The molecule has 3 rings (SSSR count). The number of para-hydroxylation sites is 1. The molecule has 5 heteroatoms. The highest BCUT2D eigenvalue weighted by atomic mass is 32.2. The van der Waals surface area contributed by atoms with Crippen LogP contribution in [0.4, 0.5) is 0 Å². The number of rotatable bonds is 3. The molecule has 0 aliphatic carbocycles. The summed E-state index contributed by atoms with van der Waals surface area (Å²) in [5, 5.41) is 11.9. The number of aliphatic hydroxyl groups excluding tert-OH is 1. The fourth-order valence-corrected chi connectivity index (χ4v) is 2.89. The number of hydrogen-bond donors (Lipinski definition) is 2. The fraction of sp³-hybridized carbons (Fsp3) is 0.133. The number of carbonyl (C=O) groups is 1. The number of thioether (sulfide) groups is 1. The first-order valence-electron chi connectivity index (χ1n) is 6.19. The molecule has 20 heavy (non-hydrogen) atoms. The van der Waals surface area contributed by atoms with E-state index < -0.39 is 5.44 Å². The van der Waals surface area contributed by atoms with Crippen LogP contribution in [0.1, 0.15) is 10.9 Å². The molecule has 0 spiro atoms. The van der Waals surface area contributed by atoms with Gasteiger partial charge >= 0.3 is 0 Å². The lowest BCUT2D eigenvalue weighted by Gasteiger charge is -2.11. The van der Waals surface area contributed by atoms with Gasteiger partial charge in [-0.2, -0.15) is 0 Å². The maximum atomic E-state index is 11.3. The van der Waals surface area contributed by atoms with E-state index in [1.165, 1.54) is 11.8 Å². The van der Waals surface area contributed by atoms with Crippen LogP contribution in [0.5, 0.6) is 11.5 Å². The Morgan fingerprint density at radius 3 is 2.50 bits per heavy atom. The molecule has 2 aromatic carbocycles. The summed E-state index contributed by atoms with van der Waals surface area (Å²) in [4.78, 5) is 11.3. The van der Waals surface area contributed by atoms with Crippen LogP contribution in [0.15, 0.2) is 54.6 Å². The summed E-state index contributed by atoms with van der Waals surface area (Å²) in [6.45, 7) is 0. The van der Waals surface area contributed by atoms with Crippen molar-refractivity contribution < 1.29 is 14.6 Å². The molecule has 102 valence electrons. The average molecular weight is 287 g/mol. The summed E-state index contributed by atoms with van der Waals surface area (Å²) in [6.07, 6.45) is 0. The van der Waals surface area contributed by atoms with Crippen molar-refractivity contribution in [3.05, 3.63) is 60.2 Å². The van der Waals surface area contributed by atoms with E-state index in [0.717, 1.165) is 11.3 Å². The van der Waals surface area contributed by atoms with E-state index >= 15 is 0 Å². The predicted molar refractivity (Wildman–Crippen MR) is 77.4 cm³/mol. The first-order valence-corrected chi connectivity index (χ1v) is 7.13. The van der Waals surface area contributed by atoms with Crippen LogP contribution in [-0.2, 0) is 4.79 Å². The number of aliphatic hydroxyl groups is 1. The van der Waals surface area contributed by atoms with E-state index in [0.29, 0.717) is 5.75 Å². The summed E-state index contributed by atoms with van der Waals surface area (Å²) in [7, 11) is 0. The van der Waals surface area contributed by atoms with Crippen molar-refractivity contribution in [3.8, 4) is 11.5 Å². The van der Waals surface area contributed by atoms with E-state index in [-0.39, 0.29) is 11.3 Å². The third kappa shape index (κ3) is 2.79. The molecule has 2 N–H and O–H groups in total. The fourth-order valence-electron chi connectivity index (χ4n) is 1.95. The quantitative estimate of drug-likeness (QED) is 0.911. The zero-order chi connectivity index (χ0) is 13.9. The minimum Gasteiger partial charge on any atom is -0.457 e. The van der Waals surface area contributed by atoms with E-state index in [4.69, 9.17) is 4.74 Å². The number of ether oxygens (including phenoxy) is 1. The minimum atomic E-state index is -1.00. The van der Waals surface area contributed by atoms with Crippen molar-refractivity contribution >= 4 is 17.7 Å². The second-order valence-electron chi connectivity index (χ2n) is 4.36. The molecule has 0 aromatic heterocycles. The van der Waals surface area contributed by atoms with E-state index in [9.17, 15) is 9.90 Å². The van der Waals surface area contributed by atoms with Crippen LogP contribution < -0.4 is 10.1 Å². The van der Waals surface area contributed by atoms with E-state index in [1.807, 2.05) is 54.6 Å². The van der Waals surface area contributed by atoms with Gasteiger partial charge in [-0.3, -0.25) is 4.79 Å². The van der Waals surface area contributed by atoms with E-state index in [1.54, 1.807) is 0 Å². The van der Waals surface area contributed by atoms with Crippen LogP contribution in [0.2, 0.25) is 0 Å². The normalized spacial score (nSPS) is 21.6. The first kappa shape index (κ1) is 13.0. The largest absolute Gasteiger partial charge is 0.457 e. The van der Waals surface area contributed by atoms with Gasteiger partial charge in [-0.25, -0.2) is 0 Å². The van der Waals surface area contributed by atoms with Crippen molar-refractivity contribution in [2.24, 2.45) is 0 Å². The van der Waals surface area contributed by atoms with Crippen molar-refractivity contribution in [2.75, 3.05) is 0 Å². The lowest BCUT2D eigenvalue weighted by molar-refractivity contribution is -0.124. The van der Waals surface area contributed by atoms with Gasteiger partial charge in [0.25, 0.3) is 5.91 Å². The second kappa shape index (κ2) is 5.56. The van der Waals surface area contributed by atoms with Gasteiger partial charge in [-0.1, -0.05) is 42.1 Å². The first-order chi connectivity index (χ1) is 9.72. The van der Waals surface area contributed by atoms with Crippen LogP contribution >= 0.6 is 11.8 Å². The van der Waals surface area contributed by atoms with Gasteiger partial charge in [-0.15, -0.1) is 0 Å². The van der Waals surface area contributed by atoms with Crippen molar-refractivity contribution in [2.45, 2.75) is 10.8 Å². The molecular weight excluding hydrogens is 274 g/mol. The maximum absolute atomic E-state index is 11.3.